The van der Waals surface area contributed by atoms with Crippen LogP contribution in [0.1, 0.15) is 16.7 Å². The van der Waals surface area contributed by atoms with Gasteiger partial charge in [0.05, 0.1) is 13.2 Å². The quantitative estimate of drug-likeness (QED) is 0.649. The molecule has 2 rings (SSSR count). The maximum Gasteiger partial charge on any atom is 0.122 e. The Labute approximate surface area is 117 Å². The highest BCUT2D eigenvalue weighted by molar-refractivity contribution is 6.31. The fourth-order valence-electron chi connectivity index (χ4n) is 1.67. The van der Waals surface area contributed by atoms with Crippen molar-refractivity contribution < 1.29 is 4.74 Å². The third-order valence-corrected chi connectivity index (χ3v) is 3.12. The van der Waals surface area contributed by atoms with Gasteiger partial charge in [0.15, 0.2) is 0 Å². The molecule has 0 saturated carbocycles. The normalized spacial score (nSPS) is 10.4. The van der Waals surface area contributed by atoms with Gasteiger partial charge in [-0.25, -0.2) is 0 Å². The minimum absolute atomic E-state index is 0.0727. The van der Waals surface area contributed by atoms with E-state index in [0.29, 0.717) is 13.2 Å². The lowest BCUT2D eigenvalue weighted by Crippen LogP contribution is -2.10. The minimum Gasteiger partial charge on any atom is -0.384 e. The van der Waals surface area contributed by atoms with Crippen LogP contribution in [0.15, 0.2) is 48.5 Å². The van der Waals surface area contributed by atoms with Crippen molar-refractivity contribution in [3.05, 3.63) is 70.2 Å². The van der Waals surface area contributed by atoms with E-state index < -0.39 is 0 Å². The van der Waals surface area contributed by atoms with E-state index >= 15 is 0 Å². The Bertz CT molecular complexity index is 567. The Morgan fingerprint density at radius 1 is 1.05 bits per heavy atom. The number of nitrogens with one attached hydrogen (secondary N) is 1. The summed E-state index contributed by atoms with van der Waals surface area (Å²) in [6.07, 6.45) is 0. The van der Waals surface area contributed by atoms with Crippen molar-refractivity contribution in [2.24, 2.45) is 5.73 Å². The fraction of sp³-hybridized carbons (Fsp3) is 0.133. The van der Waals surface area contributed by atoms with Crippen LogP contribution in [0.25, 0.3) is 0 Å². The summed E-state index contributed by atoms with van der Waals surface area (Å²) in [6.45, 7) is 0.984. The molecule has 0 heterocycles. The van der Waals surface area contributed by atoms with Crippen molar-refractivity contribution in [2.45, 2.75) is 13.2 Å². The number of hydrogen-bond donors (Lipinski definition) is 2. The van der Waals surface area contributed by atoms with Crippen LogP contribution in [-0.4, -0.2) is 5.84 Å². The molecule has 0 amide bonds. The number of hydrogen-bond acceptors (Lipinski definition) is 2. The van der Waals surface area contributed by atoms with Gasteiger partial charge in [-0.2, -0.15) is 0 Å². The van der Waals surface area contributed by atoms with Gasteiger partial charge in [-0.1, -0.05) is 54.1 Å². The molecule has 3 nitrogen and oxygen atoms in total. The molecule has 2 aromatic carbocycles. The molecule has 0 bridgehead atoms. The van der Waals surface area contributed by atoms with Crippen molar-refractivity contribution in [3.63, 3.8) is 0 Å². The van der Waals surface area contributed by atoms with Crippen LogP contribution < -0.4 is 5.73 Å². The second-order valence-electron chi connectivity index (χ2n) is 4.19. The van der Waals surface area contributed by atoms with Crippen molar-refractivity contribution in [1.29, 1.82) is 5.41 Å². The topological polar surface area (TPSA) is 59.1 Å². The summed E-state index contributed by atoms with van der Waals surface area (Å²) in [7, 11) is 0. The molecule has 98 valence electrons. The van der Waals surface area contributed by atoms with Crippen LogP contribution in [0.5, 0.6) is 0 Å². The summed E-state index contributed by atoms with van der Waals surface area (Å²) in [5.74, 6) is 0.0727. The number of amidine groups is 1. The highest BCUT2D eigenvalue weighted by atomic mass is 35.5. The van der Waals surface area contributed by atoms with Crippen LogP contribution >= 0.6 is 11.6 Å². The molecule has 0 fully saturated rings. The Morgan fingerprint density at radius 2 is 1.74 bits per heavy atom. The SMILES string of the molecule is N=C(N)c1ccc(COCc2ccccc2Cl)cc1. The van der Waals surface area contributed by atoms with Crippen LogP contribution in [0.4, 0.5) is 0 Å². The average molecular weight is 275 g/mol. The smallest absolute Gasteiger partial charge is 0.122 e. The zero-order valence-electron chi connectivity index (χ0n) is 10.4. The van der Waals surface area contributed by atoms with Gasteiger partial charge in [0.2, 0.25) is 0 Å². The van der Waals surface area contributed by atoms with E-state index in [1.807, 2.05) is 48.5 Å². The van der Waals surface area contributed by atoms with E-state index in [-0.39, 0.29) is 5.84 Å². The van der Waals surface area contributed by atoms with E-state index in [9.17, 15) is 0 Å². The molecular formula is C15H15ClN2O. The van der Waals surface area contributed by atoms with E-state index in [2.05, 4.69) is 0 Å². The van der Waals surface area contributed by atoms with Gasteiger partial charge in [-0.3, -0.25) is 5.41 Å². The largest absolute Gasteiger partial charge is 0.384 e. The predicted octanol–water partition coefficient (Wildman–Crippen LogP) is 3.34. The number of rotatable bonds is 5. The molecule has 19 heavy (non-hydrogen) atoms. The van der Waals surface area contributed by atoms with Gasteiger partial charge >= 0.3 is 0 Å². The van der Waals surface area contributed by atoms with E-state index in [0.717, 1.165) is 21.7 Å². The third-order valence-electron chi connectivity index (χ3n) is 2.75. The summed E-state index contributed by atoms with van der Waals surface area (Å²) in [6, 6.07) is 15.1. The number of nitrogen functional groups attached to an aromatic ring is 1. The van der Waals surface area contributed by atoms with Gasteiger partial charge in [0, 0.05) is 10.6 Å². The molecule has 0 unspecified atom stereocenters. The molecule has 0 aliphatic carbocycles. The first kappa shape index (κ1) is 13.6. The minimum atomic E-state index is 0.0727. The number of ether oxygens (including phenoxy) is 1. The van der Waals surface area contributed by atoms with Crippen molar-refractivity contribution in [2.75, 3.05) is 0 Å². The van der Waals surface area contributed by atoms with Crippen molar-refractivity contribution >= 4 is 17.4 Å². The number of benzene rings is 2. The first-order valence-electron chi connectivity index (χ1n) is 5.91. The summed E-state index contributed by atoms with van der Waals surface area (Å²) >= 11 is 6.04. The maximum absolute atomic E-state index is 7.31. The molecule has 2 aromatic rings. The van der Waals surface area contributed by atoms with E-state index in [1.165, 1.54) is 0 Å². The van der Waals surface area contributed by atoms with Crippen LogP contribution in [-0.2, 0) is 18.0 Å². The molecule has 3 N–H and O–H groups in total. The molecular weight excluding hydrogens is 260 g/mol. The zero-order chi connectivity index (χ0) is 13.7. The van der Waals surface area contributed by atoms with E-state index in [4.69, 9.17) is 27.5 Å². The lowest BCUT2D eigenvalue weighted by Gasteiger charge is -2.07. The third kappa shape index (κ3) is 3.81. The van der Waals surface area contributed by atoms with Gasteiger partial charge in [0.25, 0.3) is 0 Å². The summed E-state index contributed by atoms with van der Waals surface area (Å²) < 4.78 is 5.62. The Hall–Kier alpha value is -1.84. The number of nitrogens with two attached hydrogens (primary N) is 1. The molecule has 0 spiro atoms. The molecule has 0 radical (unpaired) electrons. The standard InChI is InChI=1S/C15H15ClN2O/c16-14-4-2-1-3-13(14)10-19-9-11-5-7-12(8-6-11)15(17)18/h1-8H,9-10H2,(H3,17,18). The van der Waals surface area contributed by atoms with Crippen LogP contribution in [0.3, 0.4) is 0 Å². The second kappa shape index (κ2) is 6.36. The average Bonchev–Trinajstić information content (AvgIpc) is 2.41. The van der Waals surface area contributed by atoms with Gasteiger partial charge < -0.3 is 10.5 Å². The Kier molecular flexibility index (Phi) is 4.55. The molecule has 0 atom stereocenters. The molecule has 4 heteroatoms. The highest BCUT2D eigenvalue weighted by Crippen LogP contribution is 2.16. The lowest BCUT2D eigenvalue weighted by molar-refractivity contribution is 0.107. The van der Waals surface area contributed by atoms with Crippen LogP contribution in [0.2, 0.25) is 5.02 Å². The summed E-state index contributed by atoms with van der Waals surface area (Å²) in [4.78, 5) is 0. The maximum atomic E-state index is 7.31. The Balaban J connectivity index is 1.89. The molecule has 0 aliphatic heterocycles. The highest BCUT2D eigenvalue weighted by Gasteiger charge is 2.00. The summed E-state index contributed by atoms with van der Waals surface area (Å²) in [5.41, 5.74) is 8.13. The molecule has 0 aromatic heterocycles. The van der Waals surface area contributed by atoms with Gasteiger partial charge in [-0.15, -0.1) is 0 Å². The Morgan fingerprint density at radius 3 is 2.37 bits per heavy atom. The van der Waals surface area contributed by atoms with Crippen molar-refractivity contribution in [3.8, 4) is 0 Å². The second-order valence-corrected chi connectivity index (χ2v) is 4.60. The molecule has 0 aliphatic rings. The van der Waals surface area contributed by atoms with E-state index in [1.54, 1.807) is 0 Å². The van der Waals surface area contributed by atoms with Gasteiger partial charge in [0.1, 0.15) is 5.84 Å². The first-order valence-corrected chi connectivity index (χ1v) is 6.29. The fourth-order valence-corrected chi connectivity index (χ4v) is 1.87. The monoisotopic (exact) mass is 274 g/mol. The first-order chi connectivity index (χ1) is 9.16. The predicted molar refractivity (Wildman–Crippen MR) is 77.4 cm³/mol. The van der Waals surface area contributed by atoms with Crippen molar-refractivity contribution in [1.82, 2.24) is 0 Å². The zero-order valence-corrected chi connectivity index (χ0v) is 11.2. The number of halogens is 1. The lowest BCUT2D eigenvalue weighted by atomic mass is 10.1. The van der Waals surface area contributed by atoms with Gasteiger partial charge in [-0.05, 0) is 17.2 Å². The molecule has 0 saturated heterocycles. The summed E-state index contributed by atoms with van der Waals surface area (Å²) in [5, 5.41) is 8.03. The van der Waals surface area contributed by atoms with Crippen LogP contribution in [0, 0.1) is 5.41 Å².